The highest BCUT2D eigenvalue weighted by molar-refractivity contribution is 5.82. The fourth-order valence-electron chi connectivity index (χ4n) is 2.40. The van der Waals surface area contributed by atoms with Gasteiger partial charge in [-0.25, -0.2) is 9.97 Å². The number of alkyl halides is 3. The Morgan fingerprint density at radius 3 is 2.28 bits per heavy atom. The average molecular weight is 346 g/mol. The van der Waals surface area contributed by atoms with Gasteiger partial charge < -0.3 is 9.84 Å². The van der Waals surface area contributed by atoms with Crippen molar-refractivity contribution >= 4 is 0 Å². The average Bonchev–Trinajstić information content (AvgIpc) is 2.55. The molecule has 2 aromatic carbocycles. The highest BCUT2D eigenvalue weighted by Crippen LogP contribution is 2.35. The van der Waals surface area contributed by atoms with Gasteiger partial charge in [-0.2, -0.15) is 0 Å². The smallest absolute Gasteiger partial charge is 0.507 e. The Morgan fingerprint density at radius 1 is 0.960 bits per heavy atom. The van der Waals surface area contributed by atoms with Gasteiger partial charge >= 0.3 is 6.36 Å². The van der Waals surface area contributed by atoms with Crippen molar-refractivity contribution in [2.24, 2.45) is 0 Å². The summed E-state index contributed by atoms with van der Waals surface area (Å²) in [6.07, 6.45) is -3.17. The molecule has 0 saturated heterocycles. The van der Waals surface area contributed by atoms with Gasteiger partial charge in [-0.15, -0.1) is 13.2 Å². The van der Waals surface area contributed by atoms with Gasteiger partial charge in [-0.05, 0) is 36.8 Å². The Hall–Kier alpha value is -3.09. The van der Waals surface area contributed by atoms with E-state index in [9.17, 15) is 18.3 Å². The van der Waals surface area contributed by atoms with Crippen molar-refractivity contribution in [1.82, 2.24) is 9.97 Å². The van der Waals surface area contributed by atoms with Crippen LogP contribution in [0.5, 0.6) is 11.5 Å². The molecule has 0 aliphatic heterocycles. The van der Waals surface area contributed by atoms with Crippen molar-refractivity contribution in [3.05, 3.63) is 60.6 Å². The molecule has 0 saturated carbocycles. The van der Waals surface area contributed by atoms with Crippen molar-refractivity contribution in [1.29, 1.82) is 0 Å². The summed E-state index contributed by atoms with van der Waals surface area (Å²) in [5, 5.41) is 10.1. The van der Waals surface area contributed by atoms with E-state index in [0.29, 0.717) is 28.2 Å². The van der Waals surface area contributed by atoms with Crippen LogP contribution in [-0.2, 0) is 0 Å². The third-order valence-electron chi connectivity index (χ3n) is 3.47. The molecule has 0 atom stereocenters. The Kier molecular flexibility index (Phi) is 4.31. The maximum atomic E-state index is 12.3. The quantitative estimate of drug-likeness (QED) is 0.745. The molecular weight excluding hydrogens is 333 g/mol. The maximum absolute atomic E-state index is 12.3. The normalized spacial score (nSPS) is 11.4. The second-order valence-corrected chi connectivity index (χ2v) is 5.27. The standard InChI is InChI=1S/C18H13F3N2O2/c1-11-22-10-15(17(23-11)14-4-2-3-5-16(14)24)12-6-8-13(9-7-12)25-18(19,20)21/h2-10,24H,1H3. The minimum Gasteiger partial charge on any atom is -0.507 e. The van der Waals surface area contributed by atoms with Crippen LogP contribution in [-0.4, -0.2) is 21.4 Å². The zero-order valence-electron chi connectivity index (χ0n) is 13.1. The molecule has 0 spiro atoms. The van der Waals surface area contributed by atoms with Crippen LogP contribution >= 0.6 is 0 Å². The number of hydrogen-bond acceptors (Lipinski definition) is 4. The zero-order valence-corrected chi connectivity index (χ0v) is 13.1. The fourth-order valence-corrected chi connectivity index (χ4v) is 2.40. The fraction of sp³-hybridized carbons (Fsp3) is 0.111. The molecule has 0 amide bonds. The minimum absolute atomic E-state index is 0.0545. The number of halogens is 3. The largest absolute Gasteiger partial charge is 0.573 e. The summed E-state index contributed by atoms with van der Waals surface area (Å²) in [5.74, 6) is 0.256. The molecule has 25 heavy (non-hydrogen) atoms. The second kappa shape index (κ2) is 6.43. The van der Waals surface area contributed by atoms with Crippen molar-refractivity contribution < 1.29 is 23.0 Å². The Labute approximate surface area is 141 Å². The molecule has 0 fully saturated rings. The number of aromatic hydroxyl groups is 1. The van der Waals surface area contributed by atoms with Crippen molar-refractivity contribution in [2.45, 2.75) is 13.3 Å². The van der Waals surface area contributed by atoms with Gasteiger partial charge in [0.2, 0.25) is 0 Å². The summed E-state index contributed by atoms with van der Waals surface area (Å²) in [5.41, 5.74) is 2.20. The van der Waals surface area contributed by atoms with Gasteiger partial charge in [-0.3, -0.25) is 0 Å². The van der Waals surface area contributed by atoms with Gasteiger partial charge in [-0.1, -0.05) is 24.3 Å². The summed E-state index contributed by atoms with van der Waals surface area (Å²) in [6, 6.07) is 12.1. The molecule has 1 aromatic heterocycles. The SMILES string of the molecule is Cc1ncc(-c2ccc(OC(F)(F)F)cc2)c(-c2ccccc2O)n1. The van der Waals surface area contributed by atoms with Gasteiger partial charge in [0.05, 0.1) is 5.69 Å². The third kappa shape index (κ3) is 3.88. The molecule has 0 aliphatic carbocycles. The molecule has 0 bridgehead atoms. The number of phenols is 1. The number of hydrogen-bond donors (Lipinski definition) is 1. The summed E-state index contributed by atoms with van der Waals surface area (Å²) in [6.45, 7) is 1.72. The van der Waals surface area contributed by atoms with Crippen LogP contribution in [0.3, 0.4) is 0 Å². The molecule has 3 aromatic rings. The first-order chi connectivity index (χ1) is 11.8. The highest BCUT2D eigenvalue weighted by atomic mass is 19.4. The van der Waals surface area contributed by atoms with Crippen LogP contribution in [0.2, 0.25) is 0 Å². The summed E-state index contributed by atoms with van der Waals surface area (Å²) < 4.78 is 40.7. The molecule has 3 rings (SSSR count). The molecule has 1 N–H and O–H groups in total. The molecule has 7 heteroatoms. The lowest BCUT2D eigenvalue weighted by atomic mass is 10.00. The number of rotatable bonds is 3. The number of phenolic OH excluding ortho intramolecular Hbond substituents is 1. The monoisotopic (exact) mass is 346 g/mol. The number of para-hydroxylation sites is 1. The number of benzene rings is 2. The van der Waals surface area contributed by atoms with Crippen molar-refractivity contribution in [3.63, 3.8) is 0 Å². The van der Waals surface area contributed by atoms with Gasteiger partial charge in [0.15, 0.2) is 0 Å². The lowest BCUT2D eigenvalue weighted by Crippen LogP contribution is -2.16. The first-order valence-electron chi connectivity index (χ1n) is 7.32. The van der Waals surface area contributed by atoms with Gasteiger partial charge in [0.1, 0.15) is 17.3 Å². The van der Waals surface area contributed by atoms with E-state index in [1.165, 1.54) is 30.3 Å². The predicted molar refractivity (Wildman–Crippen MR) is 86.0 cm³/mol. The van der Waals surface area contributed by atoms with Crippen molar-refractivity contribution in [2.75, 3.05) is 0 Å². The van der Waals surface area contributed by atoms with Crippen LogP contribution in [0, 0.1) is 6.92 Å². The van der Waals surface area contributed by atoms with Gasteiger partial charge in [0.25, 0.3) is 0 Å². The lowest BCUT2D eigenvalue weighted by molar-refractivity contribution is -0.274. The lowest BCUT2D eigenvalue weighted by Gasteiger charge is -2.12. The van der Waals surface area contributed by atoms with Crippen LogP contribution in [0.15, 0.2) is 54.7 Å². The molecule has 1 heterocycles. The zero-order chi connectivity index (χ0) is 18.0. The van der Waals surface area contributed by atoms with E-state index in [2.05, 4.69) is 14.7 Å². The summed E-state index contributed by atoms with van der Waals surface area (Å²) >= 11 is 0. The summed E-state index contributed by atoms with van der Waals surface area (Å²) in [7, 11) is 0. The van der Waals surface area contributed by atoms with E-state index < -0.39 is 6.36 Å². The van der Waals surface area contributed by atoms with Crippen LogP contribution < -0.4 is 4.74 Å². The molecule has 4 nitrogen and oxygen atoms in total. The van der Waals surface area contributed by atoms with Crippen LogP contribution in [0.1, 0.15) is 5.82 Å². The molecule has 128 valence electrons. The topological polar surface area (TPSA) is 55.2 Å². The summed E-state index contributed by atoms with van der Waals surface area (Å²) in [4.78, 5) is 8.53. The number of nitrogens with zero attached hydrogens (tertiary/aromatic N) is 2. The molecule has 0 radical (unpaired) electrons. The van der Waals surface area contributed by atoms with E-state index >= 15 is 0 Å². The predicted octanol–water partition coefficient (Wildman–Crippen LogP) is 4.72. The Morgan fingerprint density at radius 2 is 1.64 bits per heavy atom. The third-order valence-corrected chi connectivity index (χ3v) is 3.47. The van der Waals surface area contributed by atoms with E-state index in [0.717, 1.165) is 0 Å². The maximum Gasteiger partial charge on any atom is 0.573 e. The molecular formula is C18H13F3N2O2. The minimum atomic E-state index is -4.74. The van der Waals surface area contributed by atoms with Crippen LogP contribution in [0.25, 0.3) is 22.4 Å². The van der Waals surface area contributed by atoms with E-state index in [1.807, 2.05) is 0 Å². The number of ether oxygens (including phenoxy) is 1. The van der Waals surface area contributed by atoms with Gasteiger partial charge in [0, 0.05) is 17.3 Å². The van der Waals surface area contributed by atoms with E-state index in [-0.39, 0.29) is 11.5 Å². The number of aromatic nitrogens is 2. The first kappa shape index (κ1) is 16.8. The van der Waals surface area contributed by atoms with E-state index in [1.54, 1.807) is 31.3 Å². The van der Waals surface area contributed by atoms with Crippen LogP contribution in [0.4, 0.5) is 13.2 Å². The Balaban J connectivity index is 2.05. The Bertz CT molecular complexity index is 894. The van der Waals surface area contributed by atoms with Crippen molar-refractivity contribution in [3.8, 4) is 33.9 Å². The highest BCUT2D eigenvalue weighted by Gasteiger charge is 2.31. The number of aryl methyl sites for hydroxylation is 1. The first-order valence-corrected chi connectivity index (χ1v) is 7.32. The second-order valence-electron chi connectivity index (χ2n) is 5.27. The molecule has 0 unspecified atom stereocenters. The van der Waals surface area contributed by atoms with E-state index in [4.69, 9.17) is 0 Å². The molecule has 0 aliphatic rings.